The highest BCUT2D eigenvalue weighted by Crippen LogP contribution is 2.28. The number of carbonyl (C=O) groups is 3. The first-order chi connectivity index (χ1) is 19.4. The van der Waals surface area contributed by atoms with E-state index in [1.165, 1.54) is 13.3 Å². The molecule has 2 amide bonds. The van der Waals surface area contributed by atoms with Crippen LogP contribution in [0, 0.1) is 6.92 Å². The fraction of sp³-hybridized carbons (Fsp3) is 0.0968. The number of hydrogen-bond acceptors (Lipinski definition) is 7. The maximum atomic E-state index is 12.6. The van der Waals surface area contributed by atoms with E-state index in [-0.39, 0.29) is 11.7 Å². The van der Waals surface area contributed by atoms with Crippen LogP contribution in [0.25, 0.3) is 0 Å². The molecule has 202 valence electrons. The molecule has 4 aromatic carbocycles. The van der Waals surface area contributed by atoms with Gasteiger partial charge in [-0.3, -0.25) is 9.59 Å². The Morgan fingerprint density at radius 3 is 2.20 bits per heavy atom. The Morgan fingerprint density at radius 2 is 1.48 bits per heavy atom. The van der Waals surface area contributed by atoms with Gasteiger partial charge in [-0.05, 0) is 85.3 Å². The molecule has 0 atom stereocenters. The highest BCUT2D eigenvalue weighted by atomic mass is 16.6. The summed E-state index contributed by atoms with van der Waals surface area (Å²) in [6.45, 7) is 1.89. The zero-order valence-electron chi connectivity index (χ0n) is 22.1. The van der Waals surface area contributed by atoms with Crippen molar-refractivity contribution in [3.63, 3.8) is 0 Å². The van der Waals surface area contributed by atoms with Gasteiger partial charge in [0.25, 0.3) is 11.8 Å². The molecule has 4 rings (SSSR count). The second kappa shape index (κ2) is 12.9. The van der Waals surface area contributed by atoms with E-state index in [4.69, 9.17) is 14.2 Å². The van der Waals surface area contributed by atoms with Crippen molar-refractivity contribution in [2.24, 2.45) is 5.10 Å². The van der Waals surface area contributed by atoms with Crippen LogP contribution in [0.15, 0.2) is 96.1 Å². The number of nitrogens with zero attached hydrogens (tertiary/aromatic N) is 1. The number of hydrogen-bond donors (Lipinski definition) is 2. The molecule has 9 heteroatoms. The minimum absolute atomic E-state index is 0.253. The molecule has 2 N–H and O–H groups in total. The van der Waals surface area contributed by atoms with E-state index < -0.39 is 11.9 Å². The van der Waals surface area contributed by atoms with Gasteiger partial charge in [0.2, 0.25) is 0 Å². The summed E-state index contributed by atoms with van der Waals surface area (Å²) >= 11 is 0. The first kappa shape index (κ1) is 27.6. The van der Waals surface area contributed by atoms with Crippen LogP contribution in [0.4, 0.5) is 5.69 Å². The van der Waals surface area contributed by atoms with Crippen LogP contribution in [-0.2, 0) is 0 Å². The standard InChI is InChI=1S/C31H27N3O6/c1-20-6-4-8-24(16-20)31(37)40-27-15-10-21(17-28(27)39-3)19-32-34-30(36)23-7-5-9-25(18-23)33-29(35)22-11-13-26(38-2)14-12-22/h4-19H,1-3H3,(H,33,35)(H,34,36). The highest BCUT2D eigenvalue weighted by molar-refractivity contribution is 6.05. The van der Waals surface area contributed by atoms with Crippen molar-refractivity contribution < 1.29 is 28.6 Å². The molecule has 4 aromatic rings. The monoisotopic (exact) mass is 537 g/mol. The fourth-order valence-electron chi connectivity index (χ4n) is 3.69. The first-order valence-electron chi connectivity index (χ1n) is 12.2. The summed E-state index contributed by atoms with van der Waals surface area (Å²) in [4.78, 5) is 37.7. The van der Waals surface area contributed by atoms with E-state index in [1.807, 2.05) is 13.0 Å². The molecule has 9 nitrogen and oxygen atoms in total. The zero-order chi connectivity index (χ0) is 28.5. The van der Waals surface area contributed by atoms with Crippen molar-refractivity contribution in [3.05, 3.63) is 119 Å². The van der Waals surface area contributed by atoms with Crippen LogP contribution in [0.3, 0.4) is 0 Å². The Hall–Kier alpha value is -5.44. The van der Waals surface area contributed by atoms with Gasteiger partial charge in [-0.15, -0.1) is 0 Å². The summed E-state index contributed by atoms with van der Waals surface area (Å²) in [5.74, 6) is -0.0576. The third-order valence-corrected chi connectivity index (χ3v) is 5.76. The molecule has 0 aromatic heterocycles. The third kappa shape index (κ3) is 7.11. The van der Waals surface area contributed by atoms with Crippen LogP contribution in [0.5, 0.6) is 17.2 Å². The van der Waals surface area contributed by atoms with Gasteiger partial charge in [-0.25, -0.2) is 10.2 Å². The molecule has 0 fully saturated rings. The van der Waals surface area contributed by atoms with Gasteiger partial charge in [0.15, 0.2) is 11.5 Å². The van der Waals surface area contributed by atoms with Gasteiger partial charge >= 0.3 is 5.97 Å². The molecular weight excluding hydrogens is 510 g/mol. The van der Waals surface area contributed by atoms with Gasteiger partial charge in [-0.2, -0.15) is 5.10 Å². The SMILES string of the molecule is COc1ccc(C(=O)Nc2cccc(C(=O)NN=Cc3ccc(OC(=O)c4cccc(C)c4)c(OC)c3)c2)cc1. The van der Waals surface area contributed by atoms with E-state index in [0.717, 1.165) is 5.56 Å². The van der Waals surface area contributed by atoms with Gasteiger partial charge in [0.05, 0.1) is 26.0 Å². The summed E-state index contributed by atoms with van der Waals surface area (Å²) in [6.07, 6.45) is 1.43. The first-order valence-corrected chi connectivity index (χ1v) is 12.2. The van der Waals surface area contributed by atoms with Crippen LogP contribution in [0.1, 0.15) is 42.2 Å². The molecule has 0 aliphatic heterocycles. The molecule has 0 spiro atoms. The van der Waals surface area contributed by atoms with Crippen molar-refractivity contribution in [1.29, 1.82) is 0 Å². The van der Waals surface area contributed by atoms with E-state index in [0.29, 0.717) is 39.4 Å². The average molecular weight is 538 g/mol. The van der Waals surface area contributed by atoms with Crippen molar-refractivity contribution >= 4 is 29.7 Å². The average Bonchev–Trinajstić information content (AvgIpc) is 2.97. The summed E-state index contributed by atoms with van der Waals surface area (Å²) in [7, 11) is 3.01. The fourth-order valence-corrected chi connectivity index (χ4v) is 3.69. The Kier molecular flexibility index (Phi) is 8.88. The molecule has 40 heavy (non-hydrogen) atoms. The number of methoxy groups -OCH3 is 2. The number of aryl methyl sites for hydroxylation is 1. The number of nitrogens with one attached hydrogen (secondary N) is 2. The smallest absolute Gasteiger partial charge is 0.343 e. The van der Waals surface area contributed by atoms with Gasteiger partial charge in [-0.1, -0.05) is 23.8 Å². The minimum atomic E-state index is -0.502. The van der Waals surface area contributed by atoms with E-state index >= 15 is 0 Å². The predicted octanol–water partition coefficient (Wildman–Crippen LogP) is 5.25. The molecule has 0 unspecified atom stereocenters. The molecular formula is C31H27N3O6. The normalized spacial score (nSPS) is 10.6. The van der Waals surface area contributed by atoms with E-state index in [2.05, 4.69) is 15.8 Å². The number of esters is 1. The van der Waals surface area contributed by atoms with Crippen LogP contribution in [-0.4, -0.2) is 38.2 Å². The van der Waals surface area contributed by atoms with Crippen LogP contribution < -0.4 is 25.0 Å². The maximum Gasteiger partial charge on any atom is 0.343 e. The number of anilines is 1. The minimum Gasteiger partial charge on any atom is -0.497 e. The predicted molar refractivity (Wildman–Crippen MR) is 152 cm³/mol. The summed E-state index contributed by atoms with van der Waals surface area (Å²) in [5.41, 5.74) is 5.65. The quantitative estimate of drug-likeness (QED) is 0.130. The van der Waals surface area contributed by atoms with Gasteiger partial charge < -0.3 is 19.5 Å². The topological polar surface area (TPSA) is 115 Å². The Labute approximate surface area is 231 Å². The number of ether oxygens (including phenoxy) is 3. The Bertz CT molecular complexity index is 1560. The molecule has 0 radical (unpaired) electrons. The lowest BCUT2D eigenvalue weighted by atomic mass is 10.1. The summed E-state index contributed by atoms with van der Waals surface area (Å²) < 4.78 is 16.0. The zero-order valence-corrected chi connectivity index (χ0v) is 22.1. The second-order valence-corrected chi connectivity index (χ2v) is 8.63. The third-order valence-electron chi connectivity index (χ3n) is 5.76. The number of amides is 2. The maximum absolute atomic E-state index is 12.6. The van der Waals surface area contributed by atoms with Gasteiger partial charge in [0.1, 0.15) is 5.75 Å². The number of hydrazone groups is 1. The molecule has 0 bridgehead atoms. The van der Waals surface area contributed by atoms with E-state index in [1.54, 1.807) is 92.0 Å². The Morgan fingerprint density at radius 1 is 0.725 bits per heavy atom. The highest BCUT2D eigenvalue weighted by Gasteiger charge is 2.13. The largest absolute Gasteiger partial charge is 0.497 e. The molecule has 0 aliphatic carbocycles. The van der Waals surface area contributed by atoms with Crippen molar-refractivity contribution in [2.45, 2.75) is 6.92 Å². The number of benzene rings is 4. The van der Waals surface area contributed by atoms with E-state index in [9.17, 15) is 14.4 Å². The molecule has 0 saturated heterocycles. The van der Waals surface area contributed by atoms with Crippen molar-refractivity contribution in [1.82, 2.24) is 5.43 Å². The van der Waals surface area contributed by atoms with Crippen molar-refractivity contribution in [3.8, 4) is 17.2 Å². The number of rotatable bonds is 9. The lowest BCUT2D eigenvalue weighted by molar-refractivity contribution is 0.0729. The lowest BCUT2D eigenvalue weighted by Gasteiger charge is -2.10. The second-order valence-electron chi connectivity index (χ2n) is 8.63. The summed E-state index contributed by atoms with van der Waals surface area (Å²) in [6, 6.07) is 25.2. The Balaban J connectivity index is 1.37. The molecule has 0 heterocycles. The van der Waals surface area contributed by atoms with Gasteiger partial charge in [0, 0.05) is 16.8 Å². The number of carbonyl (C=O) groups excluding carboxylic acids is 3. The lowest BCUT2D eigenvalue weighted by Crippen LogP contribution is -2.18. The van der Waals surface area contributed by atoms with Crippen LogP contribution >= 0.6 is 0 Å². The molecule has 0 saturated carbocycles. The summed E-state index contributed by atoms with van der Waals surface area (Å²) in [5, 5.41) is 6.78. The van der Waals surface area contributed by atoms with Crippen LogP contribution in [0.2, 0.25) is 0 Å². The molecule has 0 aliphatic rings. The van der Waals surface area contributed by atoms with Crippen molar-refractivity contribution in [2.75, 3.05) is 19.5 Å².